The first-order chi connectivity index (χ1) is 16.4. The smallest absolute Gasteiger partial charge is 0.270 e. The lowest BCUT2D eigenvalue weighted by Crippen LogP contribution is -2.26. The van der Waals surface area contributed by atoms with Crippen LogP contribution in [0.15, 0.2) is 66.9 Å². The fourth-order valence-electron chi connectivity index (χ4n) is 3.74. The van der Waals surface area contributed by atoms with Crippen LogP contribution >= 0.6 is 11.6 Å². The minimum Gasteiger partial charge on any atom is -0.347 e. The highest BCUT2D eigenvalue weighted by molar-refractivity contribution is 6.30. The molecule has 0 aliphatic carbocycles. The number of carbonyl (C=O) groups is 2. The van der Waals surface area contributed by atoms with E-state index in [1.807, 2.05) is 19.1 Å². The normalized spacial score (nSPS) is 10.9. The third kappa shape index (κ3) is 5.10. The van der Waals surface area contributed by atoms with Crippen LogP contribution in [0, 0.1) is 5.82 Å². The van der Waals surface area contributed by atoms with Crippen LogP contribution in [-0.2, 0) is 19.5 Å². The summed E-state index contributed by atoms with van der Waals surface area (Å²) in [5.74, 6) is -0.697. The number of hydrogen-bond donors (Lipinski definition) is 1. The van der Waals surface area contributed by atoms with E-state index < -0.39 is 0 Å². The van der Waals surface area contributed by atoms with Gasteiger partial charge in [0.2, 0.25) is 0 Å². The zero-order valence-corrected chi connectivity index (χ0v) is 19.6. The topological polar surface area (TPSA) is 66.7 Å². The molecule has 8 heteroatoms. The van der Waals surface area contributed by atoms with Gasteiger partial charge in [0.1, 0.15) is 17.2 Å². The molecule has 0 radical (unpaired) electrons. The van der Waals surface area contributed by atoms with Gasteiger partial charge in [-0.05, 0) is 53.9 Å². The Labute approximate surface area is 202 Å². The Balaban J connectivity index is 1.41. The van der Waals surface area contributed by atoms with Crippen molar-refractivity contribution in [1.29, 1.82) is 0 Å². The molecule has 0 saturated carbocycles. The molecule has 0 spiro atoms. The van der Waals surface area contributed by atoms with E-state index in [1.54, 1.807) is 58.9 Å². The minimum atomic E-state index is -0.309. The van der Waals surface area contributed by atoms with Gasteiger partial charge in [0.25, 0.3) is 11.8 Å². The lowest BCUT2D eigenvalue weighted by atomic mass is 10.1. The summed E-state index contributed by atoms with van der Waals surface area (Å²) in [6, 6.07) is 16.7. The summed E-state index contributed by atoms with van der Waals surface area (Å²) in [6.45, 7) is 2.62. The van der Waals surface area contributed by atoms with Gasteiger partial charge in [0.05, 0.1) is 10.7 Å². The Kier molecular flexibility index (Phi) is 6.93. The van der Waals surface area contributed by atoms with Crippen molar-refractivity contribution in [1.82, 2.24) is 19.6 Å². The fraction of sp³-hybridized carbons (Fsp3) is 0.192. The minimum absolute atomic E-state index is 0.143. The van der Waals surface area contributed by atoms with Crippen molar-refractivity contribution in [3.63, 3.8) is 0 Å². The van der Waals surface area contributed by atoms with E-state index in [4.69, 9.17) is 11.6 Å². The second-order valence-electron chi connectivity index (χ2n) is 8.00. The number of pyridine rings is 1. The van der Waals surface area contributed by atoms with Crippen molar-refractivity contribution in [3.8, 4) is 0 Å². The van der Waals surface area contributed by atoms with E-state index in [9.17, 15) is 14.0 Å². The average molecular weight is 479 g/mol. The Morgan fingerprint density at radius 1 is 1.03 bits per heavy atom. The van der Waals surface area contributed by atoms with Gasteiger partial charge < -0.3 is 10.2 Å². The number of aryl methyl sites for hydroxylation is 1. The zero-order chi connectivity index (χ0) is 24.2. The number of benzene rings is 2. The van der Waals surface area contributed by atoms with E-state index in [-0.39, 0.29) is 17.6 Å². The number of nitrogens with one attached hydrogen (secondary N) is 1. The van der Waals surface area contributed by atoms with Crippen LogP contribution in [0.25, 0.3) is 5.65 Å². The Morgan fingerprint density at radius 3 is 2.38 bits per heavy atom. The molecule has 2 aromatic heterocycles. The quantitative estimate of drug-likeness (QED) is 0.411. The Bertz CT molecular complexity index is 1330. The van der Waals surface area contributed by atoms with Gasteiger partial charge in [0, 0.05) is 31.9 Å². The van der Waals surface area contributed by atoms with Crippen molar-refractivity contribution < 1.29 is 14.0 Å². The molecule has 2 heterocycles. The van der Waals surface area contributed by atoms with E-state index in [2.05, 4.69) is 10.3 Å². The van der Waals surface area contributed by atoms with Crippen molar-refractivity contribution in [2.45, 2.75) is 26.4 Å². The van der Waals surface area contributed by atoms with Crippen LogP contribution in [0.3, 0.4) is 0 Å². The lowest BCUT2D eigenvalue weighted by molar-refractivity contribution is 0.0784. The van der Waals surface area contributed by atoms with Crippen LogP contribution in [0.4, 0.5) is 4.39 Å². The SMILES string of the molecule is CCc1nc2ccc(Cl)cn2c1C(=O)NCc1ccc(C(=O)N(C)Cc2ccc(F)cc2)cc1. The van der Waals surface area contributed by atoms with Crippen molar-refractivity contribution in [2.75, 3.05) is 7.05 Å². The zero-order valence-electron chi connectivity index (χ0n) is 18.9. The number of nitrogens with zero attached hydrogens (tertiary/aromatic N) is 3. The number of imidazole rings is 1. The Morgan fingerprint density at radius 2 is 1.71 bits per heavy atom. The molecule has 0 aliphatic rings. The molecule has 4 rings (SSSR count). The predicted molar refractivity (Wildman–Crippen MR) is 129 cm³/mol. The molecule has 34 heavy (non-hydrogen) atoms. The number of aromatic nitrogens is 2. The summed E-state index contributed by atoms with van der Waals surface area (Å²) >= 11 is 6.11. The monoisotopic (exact) mass is 478 g/mol. The first kappa shape index (κ1) is 23.4. The summed E-state index contributed by atoms with van der Waals surface area (Å²) < 4.78 is 14.8. The van der Waals surface area contributed by atoms with E-state index >= 15 is 0 Å². The second kappa shape index (κ2) is 10.1. The van der Waals surface area contributed by atoms with Crippen LogP contribution < -0.4 is 5.32 Å². The molecule has 0 aliphatic heterocycles. The van der Waals surface area contributed by atoms with Gasteiger partial charge in [-0.1, -0.05) is 42.8 Å². The van der Waals surface area contributed by atoms with Crippen LogP contribution in [0.5, 0.6) is 0 Å². The van der Waals surface area contributed by atoms with Gasteiger partial charge in [-0.15, -0.1) is 0 Å². The largest absolute Gasteiger partial charge is 0.347 e. The van der Waals surface area contributed by atoms with E-state index in [0.717, 1.165) is 11.1 Å². The lowest BCUT2D eigenvalue weighted by Gasteiger charge is -2.17. The highest BCUT2D eigenvalue weighted by Gasteiger charge is 2.18. The summed E-state index contributed by atoms with van der Waals surface area (Å²) in [4.78, 5) is 31.8. The van der Waals surface area contributed by atoms with Gasteiger partial charge in [-0.25, -0.2) is 9.37 Å². The maximum atomic E-state index is 13.1. The summed E-state index contributed by atoms with van der Waals surface area (Å²) in [5, 5.41) is 3.45. The third-order valence-corrected chi connectivity index (χ3v) is 5.76. The van der Waals surface area contributed by atoms with Gasteiger partial charge in [-0.2, -0.15) is 0 Å². The van der Waals surface area contributed by atoms with Crippen LogP contribution in [0.2, 0.25) is 5.02 Å². The van der Waals surface area contributed by atoms with Crippen molar-refractivity contribution >= 4 is 29.1 Å². The molecule has 0 atom stereocenters. The first-order valence-corrected chi connectivity index (χ1v) is 11.3. The molecule has 174 valence electrons. The van der Waals surface area contributed by atoms with Crippen molar-refractivity contribution in [2.24, 2.45) is 0 Å². The average Bonchev–Trinajstić information content (AvgIpc) is 3.21. The standard InChI is InChI=1S/C26H24ClFN4O2/c1-3-22-24(32-16-20(27)10-13-23(32)30-22)25(33)29-14-17-4-8-19(9-5-17)26(34)31(2)15-18-6-11-21(28)12-7-18/h4-13,16H,3,14-15H2,1-2H3,(H,29,33). The number of amides is 2. The molecule has 0 bridgehead atoms. The number of hydrogen-bond acceptors (Lipinski definition) is 3. The van der Waals surface area contributed by atoms with E-state index in [0.29, 0.717) is 47.1 Å². The molecule has 0 unspecified atom stereocenters. The second-order valence-corrected chi connectivity index (χ2v) is 8.44. The molecular formula is C26H24ClFN4O2. The maximum Gasteiger partial charge on any atom is 0.270 e. The number of fused-ring (bicyclic) bond motifs is 1. The number of rotatable bonds is 7. The fourth-order valence-corrected chi connectivity index (χ4v) is 3.90. The molecule has 4 aromatic rings. The van der Waals surface area contributed by atoms with Crippen LogP contribution in [-0.4, -0.2) is 33.1 Å². The molecule has 0 fully saturated rings. The predicted octanol–water partition coefficient (Wildman–Crippen LogP) is 4.89. The summed E-state index contributed by atoms with van der Waals surface area (Å²) in [5.41, 5.74) is 4.07. The maximum absolute atomic E-state index is 13.1. The number of halogens is 2. The summed E-state index contributed by atoms with van der Waals surface area (Å²) in [6.07, 6.45) is 2.30. The first-order valence-electron chi connectivity index (χ1n) is 10.9. The molecule has 2 aromatic carbocycles. The van der Waals surface area contributed by atoms with Crippen LogP contribution in [0.1, 0.15) is 44.6 Å². The van der Waals surface area contributed by atoms with Gasteiger partial charge >= 0.3 is 0 Å². The molecule has 2 amide bonds. The molecule has 0 saturated heterocycles. The number of carbonyl (C=O) groups excluding carboxylic acids is 2. The highest BCUT2D eigenvalue weighted by atomic mass is 35.5. The molecular weight excluding hydrogens is 455 g/mol. The van der Waals surface area contributed by atoms with Gasteiger partial charge in [0.15, 0.2) is 0 Å². The third-order valence-electron chi connectivity index (χ3n) is 5.54. The summed E-state index contributed by atoms with van der Waals surface area (Å²) in [7, 11) is 1.70. The highest BCUT2D eigenvalue weighted by Crippen LogP contribution is 2.18. The van der Waals surface area contributed by atoms with Crippen molar-refractivity contribution in [3.05, 3.63) is 106 Å². The molecule has 1 N–H and O–H groups in total. The van der Waals surface area contributed by atoms with E-state index in [1.165, 1.54) is 12.1 Å². The Hall–Kier alpha value is -3.71. The van der Waals surface area contributed by atoms with Gasteiger partial charge in [-0.3, -0.25) is 14.0 Å². The molecule has 6 nitrogen and oxygen atoms in total.